The molecule has 10 heteroatoms. The lowest BCUT2D eigenvalue weighted by molar-refractivity contribution is 0.0271. The number of aryl methyl sites for hydroxylation is 2. The second-order valence-corrected chi connectivity index (χ2v) is 9.23. The number of nitrogens with zero attached hydrogens (tertiary/aromatic N) is 2. The highest BCUT2D eigenvalue weighted by Gasteiger charge is 2.25. The summed E-state index contributed by atoms with van der Waals surface area (Å²) < 4.78 is 18.2. The fraction of sp³-hybridized carbons (Fsp3) is 0.391. The van der Waals surface area contributed by atoms with Crippen LogP contribution in [-0.4, -0.2) is 45.0 Å². The number of aliphatic hydroxyl groups excluding tert-OH is 2. The lowest BCUT2D eigenvalue weighted by Crippen LogP contribution is -2.26. The van der Waals surface area contributed by atoms with E-state index in [1.807, 2.05) is 19.1 Å². The molecule has 3 aromatic rings. The minimum Gasteiger partial charge on any atom is -0.394 e. The number of benzene rings is 2. The summed E-state index contributed by atoms with van der Waals surface area (Å²) in [5.74, 6) is -0.785. The largest absolute Gasteiger partial charge is 0.394 e. The van der Waals surface area contributed by atoms with Gasteiger partial charge in [-0.1, -0.05) is 15.9 Å². The molecule has 1 heterocycles. The number of nitrogens with one attached hydrogen (secondary N) is 2. The molecule has 4 rings (SSSR count). The molecule has 1 aliphatic carbocycles. The summed E-state index contributed by atoms with van der Waals surface area (Å²) in [5.41, 5.74) is 4.52. The van der Waals surface area contributed by atoms with E-state index in [4.69, 9.17) is 9.94 Å². The van der Waals surface area contributed by atoms with E-state index in [9.17, 15) is 9.90 Å². The fourth-order valence-electron chi connectivity index (χ4n) is 3.48. The molecule has 0 spiro atoms. The van der Waals surface area contributed by atoms with Crippen LogP contribution in [0.15, 0.2) is 35.1 Å². The first-order valence-corrected chi connectivity index (χ1v) is 11.6. The van der Waals surface area contributed by atoms with E-state index in [-0.39, 0.29) is 29.8 Å². The van der Waals surface area contributed by atoms with Gasteiger partial charge >= 0.3 is 0 Å². The van der Waals surface area contributed by atoms with Crippen molar-refractivity contribution in [2.45, 2.75) is 38.8 Å². The molecule has 1 amide bonds. The zero-order chi connectivity index (χ0) is 23.5. The van der Waals surface area contributed by atoms with E-state index >= 15 is 4.39 Å². The predicted octanol–water partition coefficient (Wildman–Crippen LogP) is 3.80. The topological polar surface area (TPSA) is 109 Å². The number of aliphatic hydroxyl groups is 2. The molecule has 4 N–H and O–H groups in total. The number of imidazole rings is 1. The van der Waals surface area contributed by atoms with Gasteiger partial charge in [-0.05, 0) is 61.9 Å². The van der Waals surface area contributed by atoms with Crippen LogP contribution in [0.3, 0.4) is 0 Å². The average Bonchev–Trinajstić information content (AvgIpc) is 3.52. The van der Waals surface area contributed by atoms with Crippen LogP contribution < -0.4 is 10.8 Å². The number of halogens is 2. The Morgan fingerprint density at radius 3 is 2.88 bits per heavy atom. The maximum Gasteiger partial charge on any atom is 0.277 e. The Kier molecular flexibility index (Phi) is 7.28. The Hall–Kier alpha value is -2.53. The van der Waals surface area contributed by atoms with E-state index in [1.165, 1.54) is 6.33 Å². The SMILES string of the molecule is Cc1cc(Br)ccc1Nc1c(C(=O)NOCC2CC2)cc2c(ncn2CCC(O)CO)c1F. The van der Waals surface area contributed by atoms with Gasteiger partial charge in [0, 0.05) is 16.7 Å². The molecule has 2 aromatic carbocycles. The number of hydrogen-bond donors (Lipinski definition) is 4. The van der Waals surface area contributed by atoms with Gasteiger partial charge in [0.25, 0.3) is 5.91 Å². The van der Waals surface area contributed by atoms with Gasteiger partial charge in [0.2, 0.25) is 0 Å². The van der Waals surface area contributed by atoms with Crippen molar-refractivity contribution in [3.05, 3.63) is 52.0 Å². The second kappa shape index (κ2) is 10.2. The summed E-state index contributed by atoms with van der Waals surface area (Å²) >= 11 is 3.42. The quantitative estimate of drug-likeness (QED) is 0.303. The third-order valence-electron chi connectivity index (χ3n) is 5.64. The van der Waals surface area contributed by atoms with Crippen LogP contribution >= 0.6 is 15.9 Å². The lowest BCUT2D eigenvalue weighted by Gasteiger charge is -2.16. The molecule has 0 bridgehead atoms. The smallest absolute Gasteiger partial charge is 0.277 e. The number of hydroxylamine groups is 1. The first kappa shape index (κ1) is 23.6. The maximum absolute atomic E-state index is 15.7. The van der Waals surface area contributed by atoms with Gasteiger partial charge in [-0.15, -0.1) is 0 Å². The Labute approximate surface area is 198 Å². The molecular weight excluding hydrogens is 495 g/mol. The zero-order valence-electron chi connectivity index (χ0n) is 18.1. The molecule has 1 atom stereocenters. The summed E-state index contributed by atoms with van der Waals surface area (Å²) in [4.78, 5) is 22.5. The third kappa shape index (κ3) is 5.52. The van der Waals surface area contributed by atoms with Gasteiger partial charge in [-0.25, -0.2) is 14.9 Å². The van der Waals surface area contributed by atoms with Crippen LogP contribution in [0.4, 0.5) is 15.8 Å². The number of carbonyl (C=O) groups excluding carboxylic acids is 1. The zero-order valence-corrected chi connectivity index (χ0v) is 19.7. The molecule has 1 fully saturated rings. The Morgan fingerprint density at radius 1 is 1.39 bits per heavy atom. The average molecular weight is 521 g/mol. The molecule has 176 valence electrons. The van der Waals surface area contributed by atoms with Crippen molar-refractivity contribution in [2.24, 2.45) is 5.92 Å². The highest BCUT2D eigenvalue weighted by atomic mass is 79.9. The van der Waals surface area contributed by atoms with Crippen molar-refractivity contribution < 1.29 is 24.2 Å². The third-order valence-corrected chi connectivity index (χ3v) is 6.14. The molecule has 33 heavy (non-hydrogen) atoms. The van der Waals surface area contributed by atoms with Gasteiger partial charge in [-0.2, -0.15) is 0 Å². The summed E-state index contributed by atoms with van der Waals surface area (Å²) in [6.45, 7) is 2.23. The van der Waals surface area contributed by atoms with Crippen LogP contribution in [0.5, 0.6) is 0 Å². The van der Waals surface area contributed by atoms with Crippen molar-refractivity contribution >= 4 is 44.2 Å². The predicted molar refractivity (Wildman–Crippen MR) is 126 cm³/mol. The monoisotopic (exact) mass is 520 g/mol. The normalized spacial score (nSPS) is 14.5. The minimum absolute atomic E-state index is 0.00101. The molecule has 0 aliphatic heterocycles. The van der Waals surface area contributed by atoms with Crippen LogP contribution in [0, 0.1) is 18.7 Å². The van der Waals surface area contributed by atoms with Crippen LogP contribution in [-0.2, 0) is 11.4 Å². The summed E-state index contributed by atoms with van der Waals surface area (Å²) in [5, 5.41) is 21.8. The van der Waals surface area contributed by atoms with Crippen LogP contribution in [0.2, 0.25) is 0 Å². The van der Waals surface area contributed by atoms with Gasteiger partial charge < -0.3 is 20.1 Å². The number of amides is 1. The second-order valence-electron chi connectivity index (χ2n) is 8.31. The molecule has 1 unspecified atom stereocenters. The van der Waals surface area contributed by atoms with E-state index in [1.54, 1.807) is 16.7 Å². The summed E-state index contributed by atoms with van der Waals surface area (Å²) in [6.07, 6.45) is 2.97. The molecule has 8 nitrogen and oxygen atoms in total. The van der Waals surface area contributed by atoms with Crippen molar-refractivity contribution in [2.75, 3.05) is 18.5 Å². The standard InChI is InChI=1S/C23H26BrFN4O4/c1-13-8-15(24)4-5-18(13)27-21-17(23(32)28-33-11-14-2-3-14)9-19-22(20(21)25)26-12-29(19)7-6-16(31)10-30/h4-5,8-9,12,14,16,27,30-31H,2-3,6-7,10-11H2,1H3,(H,28,32). The number of aromatic nitrogens is 2. The summed E-state index contributed by atoms with van der Waals surface area (Å²) in [6, 6.07) is 7.07. The first-order valence-electron chi connectivity index (χ1n) is 10.8. The van der Waals surface area contributed by atoms with Crippen LogP contribution in [0.25, 0.3) is 11.0 Å². The number of fused-ring (bicyclic) bond motifs is 1. The van der Waals surface area contributed by atoms with Crippen LogP contribution in [0.1, 0.15) is 35.2 Å². The van der Waals surface area contributed by atoms with Crippen molar-refractivity contribution in [3.8, 4) is 0 Å². The molecule has 1 aliphatic rings. The van der Waals surface area contributed by atoms with E-state index in [0.29, 0.717) is 30.3 Å². The first-order chi connectivity index (χ1) is 15.9. The van der Waals surface area contributed by atoms with Gasteiger partial charge in [0.15, 0.2) is 5.82 Å². The highest BCUT2D eigenvalue weighted by molar-refractivity contribution is 9.10. The summed E-state index contributed by atoms with van der Waals surface area (Å²) in [7, 11) is 0. The van der Waals surface area contributed by atoms with Gasteiger partial charge in [-0.3, -0.25) is 9.63 Å². The molecule has 1 saturated carbocycles. The Morgan fingerprint density at radius 2 is 2.18 bits per heavy atom. The Bertz CT molecular complexity index is 1170. The molecule has 0 radical (unpaired) electrons. The highest BCUT2D eigenvalue weighted by Crippen LogP contribution is 2.33. The molecular formula is C23H26BrFN4O4. The Balaban J connectivity index is 1.71. The molecule has 0 saturated heterocycles. The van der Waals surface area contributed by atoms with Gasteiger partial charge in [0.1, 0.15) is 5.52 Å². The fourth-order valence-corrected chi connectivity index (χ4v) is 3.96. The van der Waals surface area contributed by atoms with E-state index in [0.717, 1.165) is 22.9 Å². The minimum atomic E-state index is -0.896. The maximum atomic E-state index is 15.7. The van der Waals surface area contributed by atoms with E-state index in [2.05, 4.69) is 31.7 Å². The van der Waals surface area contributed by atoms with Crippen molar-refractivity contribution in [1.82, 2.24) is 15.0 Å². The van der Waals surface area contributed by atoms with E-state index < -0.39 is 17.8 Å². The number of hydrogen-bond acceptors (Lipinski definition) is 6. The van der Waals surface area contributed by atoms with Gasteiger partial charge in [0.05, 0.1) is 42.4 Å². The van der Waals surface area contributed by atoms with Crippen molar-refractivity contribution in [3.63, 3.8) is 0 Å². The number of rotatable bonds is 10. The number of anilines is 2. The molecule has 1 aromatic heterocycles. The van der Waals surface area contributed by atoms with Crippen molar-refractivity contribution in [1.29, 1.82) is 0 Å². The number of carbonyl (C=O) groups is 1. The lowest BCUT2D eigenvalue weighted by atomic mass is 10.1.